The normalized spacial score (nSPS) is 9.65. The third-order valence-corrected chi connectivity index (χ3v) is 3.17. The van der Waals surface area contributed by atoms with Crippen molar-refractivity contribution in [3.63, 3.8) is 0 Å². The average molecular weight is 287 g/mol. The minimum Gasteiger partial charge on any atom is -0.380 e. The van der Waals surface area contributed by atoms with E-state index in [0.717, 1.165) is 15.7 Å². The molecule has 3 heteroatoms. The quantitative estimate of drug-likeness (QED) is 0.928. The second-order valence-corrected chi connectivity index (χ2v) is 4.46. The van der Waals surface area contributed by atoms with E-state index in [9.17, 15) is 0 Å². The lowest BCUT2D eigenvalue weighted by Gasteiger charge is -2.09. The van der Waals surface area contributed by atoms with Crippen molar-refractivity contribution in [2.24, 2.45) is 0 Å². The molecule has 0 atom stereocenters. The molecule has 0 saturated carbocycles. The van der Waals surface area contributed by atoms with Gasteiger partial charge < -0.3 is 5.32 Å². The van der Waals surface area contributed by atoms with Crippen molar-refractivity contribution in [2.75, 3.05) is 5.32 Å². The van der Waals surface area contributed by atoms with Crippen LogP contribution in [0.5, 0.6) is 0 Å². The third-order valence-electron chi connectivity index (χ3n) is 2.48. The molecule has 0 saturated heterocycles. The van der Waals surface area contributed by atoms with Gasteiger partial charge in [-0.1, -0.05) is 30.3 Å². The lowest BCUT2D eigenvalue weighted by Crippen LogP contribution is -2.01. The van der Waals surface area contributed by atoms with Gasteiger partial charge in [-0.3, -0.25) is 0 Å². The molecular weight excluding hydrogens is 276 g/mol. The molecule has 0 aromatic heterocycles. The Morgan fingerprint density at radius 1 is 1.06 bits per heavy atom. The zero-order valence-corrected chi connectivity index (χ0v) is 10.7. The van der Waals surface area contributed by atoms with Gasteiger partial charge in [-0.2, -0.15) is 5.26 Å². The fourth-order valence-corrected chi connectivity index (χ4v) is 2.00. The lowest BCUT2D eigenvalue weighted by molar-refractivity contribution is 1.13. The van der Waals surface area contributed by atoms with Crippen molar-refractivity contribution >= 4 is 21.6 Å². The van der Waals surface area contributed by atoms with Crippen molar-refractivity contribution in [3.8, 4) is 6.07 Å². The fraction of sp³-hybridized carbons (Fsp3) is 0.0714. The van der Waals surface area contributed by atoms with E-state index in [4.69, 9.17) is 5.26 Å². The summed E-state index contributed by atoms with van der Waals surface area (Å²) in [5.41, 5.74) is 2.75. The maximum absolute atomic E-state index is 8.98. The molecule has 0 bridgehead atoms. The lowest BCUT2D eigenvalue weighted by atomic mass is 10.1. The Hall–Kier alpha value is -1.79. The van der Waals surface area contributed by atoms with Gasteiger partial charge in [0.05, 0.1) is 11.6 Å². The van der Waals surface area contributed by atoms with E-state index in [1.807, 2.05) is 48.5 Å². The molecular formula is C14H11BrN2. The van der Waals surface area contributed by atoms with Crippen molar-refractivity contribution < 1.29 is 0 Å². The van der Waals surface area contributed by atoms with Gasteiger partial charge in [0, 0.05) is 16.7 Å². The van der Waals surface area contributed by atoms with Crippen molar-refractivity contribution in [2.45, 2.75) is 6.54 Å². The molecule has 0 aliphatic heterocycles. The monoisotopic (exact) mass is 286 g/mol. The predicted octanol–water partition coefficient (Wildman–Crippen LogP) is 3.93. The van der Waals surface area contributed by atoms with Crippen LogP contribution in [0.1, 0.15) is 11.1 Å². The van der Waals surface area contributed by atoms with Crippen LogP contribution in [0.2, 0.25) is 0 Å². The highest BCUT2D eigenvalue weighted by molar-refractivity contribution is 9.10. The fourth-order valence-electron chi connectivity index (χ4n) is 1.58. The van der Waals surface area contributed by atoms with E-state index in [-0.39, 0.29) is 0 Å². The number of nitrogens with zero attached hydrogens (tertiary/aromatic N) is 1. The number of anilines is 1. The summed E-state index contributed by atoms with van der Waals surface area (Å²) in [4.78, 5) is 0. The number of rotatable bonds is 3. The van der Waals surface area contributed by atoms with E-state index in [2.05, 4.69) is 27.3 Å². The summed E-state index contributed by atoms with van der Waals surface area (Å²) >= 11 is 3.48. The van der Waals surface area contributed by atoms with Crippen LogP contribution in [0.3, 0.4) is 0 Å². The van der Waals surface area contributed by atoms with E-state index >= 15 is 0 Å². The first-order valence-corrected chi connectivity index (χ1v) is 6.07. The van der Waals surface area contributed by atoms with Crippen molar-refractivity contribution in [1.82, 2.24) is 0 Å². The Labute approximate surface area is 109 Å². The number of benzene rings is 2. The maximum Gasteiger partial charge on any atom is 0.0995 e. The molecule has 0 aliphatic rings. The molecule has 0 aliphatic carbocycles. The zero-order chi connectivity index (χ0) is 12.1. The summed E-state index contributed by atoms with van der Waals surface area (Å²) in [6, 6.07) is 17.7. The molecule has 17 heavy (non-hydrogen) atoms. The van der Waals surface area contributed by atoms with Gasteiger partial charge in [-0.15, -0.1) is 0 Å². The number of para-hydroxylation sites is 1. The second-order valence-electron chi connectivity index (χ2n) is 3.60. The van der Waals surface area contributed by atoms with Crippen molar-refractivity contribution in [3.05, 3.63) is 64.1 Å². The molecule has 0 spiro atoms. The number of halogens is 1. The maximum atomic E-state index is 8.98. The van der Waals surface area contributed by atoms with Gasteiger partial charge in [0.25, 0.3) is 0 Å². The molecule has 0 heterocycles. The van der Waals surface area contributed by atoms with Crippen LogP contribution >= 0.6 is 15.9 Å². The highest BCUT2D eigenvalue weighted by Gasteiger charge is 2.01. The van der Waals surface area contributed by atoms with Crippen LogP contribution in [0.15, 0.2) is 53.0 Å². The predicted molar refractivity (Wildman–Crippen MR) is 72.6 cm³/mol. The first-order valence-electron chi connectivity index (χ1n) is 5.27. The minimum absolute atomic E-state index is 0.645. The van der Waals surface area contributed by atoms with E-state index in [1.165, 1.54) is 0 Å². The largest absolute Gasteiger partial charge is 0.380 e. The molecule has 0 radical (unpaired) electrons. The average Bonchev–Trinajstić information content (AvgIpc) is 2.38. The molecule has 0 amide bonds. The summed E-state index contributed by atoms with van der Waals surface area (Å²) in [7, 11) is 0. The van der Waals surface area contributed by atoms with Gasteiger partial charge in [0.2, 0.25) is 0 Å². The summed E-state index contributed by atoms with van der Waals surface area (Å²) in [6.45, 7) is 0.645. The van der Waals surface area contributed by atoms with E-state index in [1.54, 1.807) is 0 Å². The second kappa shape index (κ2) is 5.51. The number of hydrogen-bond donors (Lipinski definition) is 1. The number of hydrogen-bond acceptors (Lipinski definition) is 2. The van der Waals surface area contributed by atoms with Crippen molar-refractivity contribution in [1.29, 1.82) is 5.26 Å². The van der Waals surface area contributed by atoms with Crippen LogP contribution < -0.4 is 5.32 Å². The highest BCUT2D eigenvalue weighted by Crippen LogP contribution is 2.22. The standard InChI is InChI=1S/C14H11BrN2/c15-13-7-3-4-8-14(13)17-10-12-6-2-1-5-11(12)9-16/h1-8,17H,10H2. The first-order chi connectivity index (χ1) is 8.31. The van der Waals surface area contributed by atoms with Crippen LogP contribution in [-0.2, 0) is 6.54 Å². The Morgan fingerprint density at radius 2 is 1.76 bits per heavy atom. The molecule has 0 unspecified atom stereocenters. The summed E-state index contributed by atoms with van der Waals surface area (Å²) in [6.07, 6.45) is 0. The first kappa shape index (κ1) is 11.7. The van der Waals surface area contributed by atoms with Gasteiger partial charge in [0.15, 0.2) is 0 Å². The Balaban J connectivity index is 2.13. The molecule has 2 aromatic rings. The Kier molecular flexibility index (Phi) is 3.79. The topological polar surface area (TPSA) is 35.8 Å². The summed E-state index contributed by atoms with van der Waals surface area (Å²) < 4.78 is 1.02. The SMILES string of the molecule is N#Cc1ccccc1CNc1ccccc1Br. The van der Waals surface area contributed by atoms with Gasteiger partial charge in [-0.25, -0.2) is 0 Å². The minimum atomic E-state index is 0.645. The molecule has 1 N–H and O–H groups in total. The highest BCUT2D eigenvalue weighted by atomic mass is 79.9. The summed E-state index contributed by atoms with van der Waals surface area (Å²) in [5, 5.41) is 12.3. The third kappa shape index (κ3) is 2.86. The van der Waals surface area contributed by atoms with Crippen LogP contribution in [0.4, 0.5) is 5.69 Å². The zero-order valence-electron chi connectivity index (χ0n) is 9.15. The van der Waals surface area contributed by atoms with Gasteiger partial charge in [-0.05, 0) is 39.7 Å². The molecule has 84 valence electrons. The number of nitrogens with one attached hydrogen (secondary N) is 1. The van der Waals surface area contributed by atoms with Crippen LogP contribution in [0, 0.1) is 11.3 Å². The molecule has 2 rings (SSSR count). The Bertz CT molecular complexity index is 558. The van der Waals surface area contributed by atoms with Crippen LogP contribution in [0.25, 0.3) is 0 Å². The summed E-state index contributed by atoms with van der Waals surface area (Å²) in [5.74, 6) is 0. The van der Waals surface area contributed by atoms with Gasteiger partial charge in [0.1, 0.15) is 0 Å². The number of nitriles is 1. The molecule has 2 nitrogen and oxygen atoms in total. The smallest absolute Gasteiger partial charge is 0.0995 e. The van der Waals surface area contributed by atoms with E-state index in [0.29, 0.717) is 12.1 Å². The van der Waals surface area contributed by atoms with Gasteiger partial charge >= 0.3 is 0 Å². The molecule has 0 fully saturated rings. The Morgan fingerprint density at radius 3 is 2.53 bits per heavy atom. The molecule has 2 aromatic carbocycles. The van der Waals surface area contributed by atoms with Crippen LogP contribution in [-0.4, -0.2) is 0 Å². The van der Waals surface area contributed by atoms with E-state index < -0.39 is 0 Å².